The quantitative estimate of drug-likeness (QED) is 0.375. The van der Waals surface area contributed by atoms with Gasteiger partial charge in [0.15, 0.2) is 0 Å². The largest absolute Gasteiger partial charge is 0.352 e. The molecule has 0 saturated heterocycles. The summed E-state index contributed by atoms with van der Waals surface area (Å²) in [4.78, 5) is 12.4. The van der Waals surface area contributed by atoms with Crippen molar-refractivity contribution in [3.8, 4) is 0 Å². The number of hydrogen-bond acceptors (Lipinski definition) is 2. The Morgan fingerprint density at radius 1 is 0.897 bits per heavy atom. The van der Waals surface area contributed by atoms with Crippen molar-refractivity contribution in [1.29, 1.82) is 5.41 Å². The maximum atomic E-state index is 12.4. The predicted octanol–water partition coefficient (Wildman–Crippen LogP) is 6.07. The molecular weight excluding hydrogens is 356 g/mol. The monoisotopic (exact) mass is 390 g/mol. The summed E-state index contributed by atoms with van der Waals surface area (Å²) in [5, 5.41) is 10.1. The molecule has 1 aliphatic carbocycles. The van der Waals surface area contributed by atoms with Gasteiger partial charge in [-0.05, 0) is 85.9 Å². The summed E-state index contributed by atoms with van der Waals surface area (Å²) in [5.41, 5.74) is 4.74. The highest BCUT2D eigenvalue weighted by atomic mass is 16.1. The average molecular weight is 391 g/mol. The van der Waals surface area contributed by atoms with Crippen molar-refractivity contribution in [1.82, 2.24) is 5.32 Å². The minimum Gasteiger partial charge on any atom is -0.352 e. The molecule has 0 bridgehead atoms. The molecule has 154 valence electrons. The van der Waals surface area contributed by atoms with E-state index in [1.54, 1.807) is 0 Å². The minimum atomic E-state index is 0.0167. The van der Waals surface area contributed by atoms with Gasteiger partial charge >= 0.3 is 0 Å². The molecule has 0 atom stereocenters. The van der Waals surface area contributed by atoms with Crippen molar-refractivity contribution in [2.75, 3.05) is 6.54 Å². The summed E-state index contributed by atoms with van der Waals surface area (Å²) in [6.45, 7) is 0.655. The lowest BCUT2D eigenvalue weighted by molar-refractivity contribution is 0.0954. The summed E-state index contributed by atoms with van der Waals surface area (Å²) >= 11 is 0. The highest BCUT2D eigenvalue weighted by Crippen LogP contribution is 2.32. The molecule has 0 unspecified atom stereocenters. The molecule has 0 spiro atoms. The molecule has 1 saturated carbocycles. The van der Waals surface area contributed by atoms with E-state index < -0.39 is 0 Å². The van der Waals surface area contributed by atoms with Gasteiger partial charge in [-0.1, -0.05) is 55.7 Å². The molecule has 2 aromatic carbocycles. The van der Waals surface area contributed by atoms with Crippen LogP contribution in [0.3, 0.4) is 0 Å². The van der Waals surface area contributed by atoms with E-state index in [0.29, 0.717) is 12.5 Å². The Balaban J connectivity index is 1.40. The third-order valence-corrected chi connectivity index (χ3v) is 6.04. The van der Waals surface area contributed by atoms with Crippen LogP contribution in [0, 0.1) is 5.41 Å². The van der Waals surface area contributed by atoms with Crippen LogP contribution in [0.15, 0.2) is 48.5 Å². The van der Waals surface area contributed by atoms with E-state index in [2.05, 4.69) is 41.7 Å². The molecule has 2 N–H and O–H groups in total. The molecule has 29 heavy (non-hydrogen) atoms. The number of carbonyl (C=O) groups excluding carboxylic acids is 1. The van der Waals surface area contributed by atoms with Crippen molar-refractivity contribution in [2.24, 2.45) is 0 Å². The fourth-order valence-electron chi connectivity index (χ4n) is 4.21. The van der Waals surface area contributed by atoms with E-state index in [-0.39, 0.29) is 5.91 Å². The Labute approximate surface area is 175 Å². The van der Waals surface area contributed by atoms with Crippen LogP contribution >= 0.6 is 0 Å². The smallest absolute Gasteiger partial charge is 0.251 e. The fourth-order valence-corrected chi connectivity index (χ4v) is 4.21. The molecule has 1 aliphatic rings. The summed E-state index contributed by atoms with van der Waals surface area (Å²) in [5.74, 6) is 0.697. The van der Waals surface area contributed by atoms with Crippen LogP contribution < -0.4 is 5.32 Å². The Morgan fingerprint density at radius 3 is 2.21 bits per heavy atom. The van der Waals surface area contributed by atoms with E-state index in [1.165, 1.54) is 55.0 Å². The van der Waals surface area contributed by atoms with Crippen molar-refractivity contribution in [2.45, 2.75) is 70.1 Å². The van der Waals surface area contributed by atoms with Gasteiger partial charge in [0.25, 0.3) is 5.91 Å². The van der Waals surface area contributed by atoms with Gasteiger partial charge in [0.1, 0.15) is 0 Å². The van der Waals surface area contributed by atoms with Crippen LogP contribution in [-0.2, 0) is 12.8 Å². The molecular formula is C26H34N2O. The minimum absolute atomic E-state index is 0.0167. The average Bonchev–Trinajstić information content (AvgIpc) is 2.78. The third kappa shape index (κ3) is 6.85. The second kappa shape index (κ2) is 11.5. The summed E-state index contributed by atoms with van der Waals surface area (Å²) < 4.78 is 0. The number of nitrogens with one attached hydrogen (secondary N) is 2. The van der Waals surface area contributed by atoms with E-state index in [9.17, 15) is 4.79 Å². The number of amides is 1. The molecule has 0 aliphatic heterocycles. The molecule has 0 heterocycles. The van der Waals surface area contributed by atoms with Crippen molar-refractivity contribution in [3.63, 3.8) is 0 Å². The summed E-state index contributed by atoms with van der Waals surface area (Å²) in [7, 11) is 0. The Kier molecular flexibility index (Phi) is 8.48. The van der Waals surface area contributed by atoms with Crippen LogP contribution in [0.2, 0.25) is 0 Å². The number of carbonyl (C=O) groups is 1. The zero-order valence-corrected chi connectivity index (χ0v) is 17.5. The van der Waals surface area contributed by atoms with Gasteiger partial charge in [-0.2, -0.15) is 0 Å². The summed E-state index contributed by atoms with van der Waals surface area (Å²) in [6.07, 6.45) is 13.1. The molecule has 0 radical (unpaired) electrons. The van der Waals surface area contributed by atoms with Crippen molar-refractivity contribution >= 4 is 12.1 Å². The first-order valence-electron chi connectivity index (χ1n) is 11.2. The second-order valence-corrected chi connectivity index (χ2v) is 8.23. The lowest BCUT2D eigenvalue weighted by Crippen LogP contribution is -2.25. The molecule has 0 aromatic heterocycles. The van der Waals surface area contributed by atoms with Gasteiger partial charge < -0.3 is 10.7 Å². The lowest BCUT2D eigenvalue weighted by Gasteiger charge is -2.22. The van der Waals surface area contributed by atoms with Gasteiger partial charge in [0.05, 0.1) is 0 Å². The first kappa shape index (κ1) is 21.3. The summed E-state index contributed by atoms with van der Waals surface area (Å²) in [6, 6.07) is 16.9. The van der Waals surface area contributed by atoms with E-state index in [4.69, 9.17) is 5.41 Å². The maximum absolute atomic E-state index is 12.4. The van der Waals surface area contributed by atoms with E-state index in [1.807, 2.05) is 12.1 Å². The maximum Gasteiger partial charge on any atom is 0.251 e. The van der Waals surface area contributed by atoms with Gasteiger partial charge in [-0.15, -0.1) is 0 Å². The molecule has 1 amide bonds. The van der Waals surface area contributed by atoms with Crippen LogP contribution in [0.5, 0.6) is 0 Å². The van der Waals surface area contributed by atoms with Gasteiger partial charge in [0, 0.05) is 12.1 Å². The van der Waals surface area contributed by atoms with Gasteiger partial charge in [-0.25, -0.2) is 0 Å². The molecule has 1 fully saturated rings. The first-order chi connectivity index (χ1) is 14.3. The number of rotatable bonds is 10. The van der Waals surface area contributed by atoms with Crippen LogP contribution in [0.25, 0.3) is 0 Å². The van der Waals surface area contributed by atoms with Crippen molar-refractivity contribution < 1.29 is 4.79 Å². The zero-order chi connectivity index (χ0) is 20.3. The highest BCUT2D eigenvalue weighted by molar-refractivity contribution is 5.94. The fraction of sp³-hybridized carbons (Fsp3) is 0.462. The van der Waals surface area contributed by atoms with Crippen LogP contribution in [-0.4, -0.2) is 18.7 Å². The van der Waals surface area contributed by atoms with E-state index in [0.717, 1.165) is 37.7 Å². The SMILES string of the molecule is N=CCCCCc1ccc(CCNC(=O)c2ccc(C3CCCCC3)cc2)cc1. The molecule has 3 rings (SSSR count). The van der Waals surface area contributed by atoms with Gasteiger partial charge in [-0.3, -0.25) is 4.79 Å². The molecule has 3 nitrogen and oxygen atoms in total. The molecule has 3 heteroatoms. The Morgan fingerprint density at radius 2 is 1.55 bits per heavy atom. The molecule has 2 aromatic rings. The van der Waals surface area contributed by atoms with Crippen LogP contribution in [0.1, 0.15) is 84.3 Å². The Hall–Kier alpha value is -2.42. The zero-order valence-electron chi connectivity index (χ0n) is 17.5. The number of aryl methyl sites for hydroxylation is 1. The highest BCUT2D eigenvalue weighted by Gasteiger charge is 2.15. The number of benzene rings is 2. The topological polar surface area (TPSA) is 53.0 Å². The number of hydrogen-bond donors (Lipinski definition) is 2. The normalized spacial score (nSPS) is 14.5. The van der Waals surface area contributed by atoms with E-state index >= 15 is 0 Å². The van der Waals surface area contributed by atoms with Crippen LogP contribution in [0.4, 0.5) is 0 Å². The number of unbranched alkanes of at least 4 members (excludes halogenated alkanes) is 2. The van der Waals surface area contributed by atoms with Gasteiger partial charge in [0.2, 0.25) is 0 Å². The standard InChI is InChI=1S/C26H34N2O/c27-19-6-2-3-7-21-10-12-22(13-11-21)18-20-28-26(29)25-16-14-24(15-17-25)23-8-4-1-5-9-23/h10-17,19,23,27H,1-9,18,20H2,(H,28,29). The third-order valence-electron chi connectivity index (χ3n) is 6.04. The first-order valence-corrected chi connectivity index (χ1v) is 11.2. The Bertz CT molecular complexity index is 758. The second-order valence-electron chi connectivity index (χ2n) is 8.23. The van der Waals surface area contributed by atoms with Crippen molar-refractivity contribution in [3.05, 3.63) is 70.8 Å². The predicted molar refractivity (Wildman–Crippen MR) is 121 cm³/mol. The lowest BCUT2D eigenvalue weighted by atomic mass is 9.84.